The van der Waals surface area contributed by atoms with Crippen LogP contribution in [0, 0.1) is 26.7 Å². The molecule has 0 heteroatoms. The Morgan fingerprint density at radius 2 is 1.81 bits per heavy atom. The zero-order chi connectivity index (χ0) is 12.3. The average molecular weight is 216 g/mol. The first-order valence-corrected chi connectivity index (χ1v) is 6.20. The molecule has 1 atom stereocenters. The fourth-order valence-electron chi connectivity index (χ4n) is 1.91. The highest BCUT2D eigenvalue weighted by Crippen LogP contribution is 2.23. The van der Waals surface area contributed by atoms with Crippen molar-refractivity contribution in [1.29, 1.82) is 0 Å². The molecule has 0 unspecified atom stereocenters. The Labute approximate surface area is 100 Å². The van der Waals surface area contributed by atoms with Gasteiger partial charge in [0, 0.05) is 0 Å². The smallest absolute Gasteiger partial charge is 0.00644 e. The Kier molecular flexibility index (Phi) is 4.35. The minimum absolute atomic E-state index is 0.626. The normalized spacial score (nSPS) is 12.6. The third kappa shape index (κ3) is 2.75. The van der Waals surface area contributed by atoms with Gasteiger partial charge >= 0.3 is 0 Å². The van der Waals surface area contributed by atoms with Crippen molar-refractivity contribution in [1.82, 2.24) is 0 Å². The van der Waals surface area contributed by atoms with Crippen molar-refractivity contribution in [2.24, 2.45) is 5.92 Å². The van der Waals surface area contributed by atoms with Gasteiger partial charge in [0.05, 0.1) is 0 Å². The Hall–Kier alpha value is -1.04. The lowest BCUT2D eigenvalue weighted by Crippen LogP contribution is -2.02. The third-order valence-corrected chi connectivity index (χ3v) is 3.90. The topological polar surface area (TPSA) is 0 Å². The molecule has 0 fully saturated rings. The lowest BCUT2D eigenvalue weighted by molar-refractivity contribution is 0.640. The Morgan fingerprint density at radius 3 is 2.38 bits per heavy atom. The summed E-state index contributed by atoms with van der Waals surface area (Å²) in [5.41, 5.74) is 7.04. The number of benzene rings is 1. The van der Waals surface area contributed by atoms with E-state index in [9.17, 15) is 0 Å². The first-order chi connectivity index (χ1) is 7.47. The van der Waals surface area contributed by atoms with Crippen LogP contribution in [0.3, 0.4) is 0 Å². The summed E-state index contributed by atoms with van der Waals surface area (Å²) in [4.78, 5) is 0. The molecule has 1 rings (SSSR count). The molecule has 0 aromatic heterocycles. The maximum atomic E-state index is 4.21. The number of allylic oxidation sites excluding steroid dienone is 1. The van der Waals surface area contributed by atoms with Crippen LogP contribution < -0.4 is 0 Å². The number of rotatable bonds is 4. The Balaban J connectivity index is 2.91. The largest absolute Gasteiger partial charge is 0.0993 e. The van der Waals surface area contributed by atoms with Crippen LogP contribution in [0.5, 0.6) is 0 Å². The molecule has 0 nitrogen and oxygen atoms in total. The van der Waals surface area contributed by atoms with Crippen molar-refractivity contribution < 1.29 is 0 Å². The highest BCUT2D eigenvalue weighted by Gasteiger charge is 2.08. The highest BCUT2D eigenvalue weighted by molar-refractivity contribution is 5.40. The van der Waals surface area contributed by atoms with E-state index in [1.54, 1.807) is 0 Å². The van der Waals surface area contributed by atoms with Gasteiger partial charge in [-0.05, 0) is 61.8 Å². The monoisotopic (exact) mass is 216 g/mol. The summed E-state index contributed by atoms with van der Waals surface area (Å²) in [5, 5.41) is 0. The van der Waals surface area contributed by atoms with Gasteiger partial charge in [-0.2, -0.15) is 0 Å². The summed E-state index contributed by atoms with van der Waals surface area (Å²) < 4.78 is 0. The number of aryl methyl sites for hydroxylation is 1. The molecule has 0 aliphatic rings. The number of hydrogen-bond donors (Lipinski definition) is 0. The highest BCUT2D eigenvalue weighted by atomic mass is 14.1. The van der Waals surface area contributed by atoms with Gasteiger partial charge in [0.2, 0.25) is 0 Å². The van der Waals surface area contributed by atoms with Crippen molar-refractivity contribution in [2.45, 2.75) is 47.5 Å². The maximum Gasteiger partial charge on any atom is -0.00644 e. The second kappa shape index (κ2) is 5.34. The van der Waals surface area contributed by atoms with Crippen molar-refractivity contribution in [3.8, 4) is 0 Å². The molecule has 0 N–H and O–H groups in total. The SMILES string of the molecule is C=C(Cc1ccc(C)c(C)c1C)[C@@H](C)CC. The van der Waals surface area contributed by atoms with E-state index in [4.69, 9.17) is 0 Å². The van der Waals surface area contributed by atoms with Gasteiger partial charge in [-0.1, -0.05) is 38.1 Å². The molecule has 16 heavy (non-hydrogen) atoms. The van der Waals surface area contributed by atoms with Crippen LogP contribution in [0.15, 0.2) is 24.3 Å². The molecule has 0 aliphatic heterocycles. The molecule has 0 bridgehead atoms. The zero-order valence-corrected chi connectivity index (χ0v) is 11.4. The van der Waals surface area contributed by atoms with Crippen LogP contribution in [0.2, 0.25) is 0 Å². The van der Waals surface area contributed by atoms with E-state index in [1.807, 2.05) is 0 Å². The Bertz CT molecular complexity index is 385. The summed E-state index contributed by atoms with van der Waals surface area (Å²) in [6.07, 6.45) is 2.21. The zero-order valence-electron chi connectivity index (χ0n) is 11.4. The minimum Gasteiger partial charge on any atom is -0.0993 e. The molecule has 88 valence electrons. The van der Waals surface area contributed by atoms with E-state index in [0.29, 0.717) is 5.92 Å². The van der Waals surface area contributed by atoms with Crippen molar-refractivity contribution >= 4 is 0 Å². The van der Waals surface area contributed by atoms with Crippen molar-refractivity contribution in [2.75, 3.05) is 0 Å². The first kappa shape index (κ1) is 13.0. The van der Waals surface area contributed by atoms with Gasteiger partial charge in [0.15, 0.2) is 0 Å². The van der Waals surface area contributed by atoms with Gasteiger partial charge < -0.3 is 0 Å². The van der Waals surface area contributed by atoms with Crippen LogP contribution in [0.25, 0.3) is 0 Å². The summed E-state index contributed by atoms with van der Waals surface area (Å²) in [7, 11) is 0. The minimum atomic E-state index is 0.626. The van der Waals surface area contributed by atoms with E-state index < -0.39 is 0 Å². The van der Waals surface area contributed by atoms with E-state index in [2.05, 4.69) is 53.3 Å². The van der Waals surface area contributed by atoms with Crippen molar-refractivity contribution in [3.05, 3.63) is 46.5 Å². The lowest BCUT2D eigenvalue weighted by Gasteiger charge is -2.16. The average Bonchev–Trinajstić information content (AvgIpc) is 2.28. The second-order valence-corrected chi connectivity index (χ2v) is 4.94. The third-order valence-electron chi connectivity index (χ3n) is 3.90. The van der Waals surface area contributed by atoms with E-state index in [-0.39, 0.29) is 0 Å². The van der Waals surface area contributed by atoms with Crippen LogP contribution in [-0.4, -0.2) is 0 Å². The molecule has 1 aromatic rings. The molecular formula is C16H24. The fourth-order valence-corrected chi connectivity index (χ4v) is 1.91. The van der Waals surface area contributed by atoms with Crippen LogP contribution in [0.1, 0.15) is 42.5 Å². The van der Waals surface area contributed by atoms with Crippen LogP contribution in [-0.2, 0) is 6.42 Å². The molecule has 0 amide bonds. The molecule has 0 saturated carbocycles. The molecule has 0 heterocycles. The van der Waals surface area contributed by atoms with Gasteiger partial charge in [-0.15, -0.1) is 0 Å². The fraction of sp³-hybridized carbons (Fsp3) is 0.500. The lowest BCUT2D eigenvalue weighted by atomic mass is 9.90. The van der Waals surface area contributed by atoms with E-state index >= 15 is 0 Å². The summed E-state index contributed by atoms with van der Waals surface area (Å²) in [6.45, 7) is 15.3. The van der Waals surface area contributed by atoms with E-state index in [0.717, 1.165) is 6.42 Å². The van der Waals surface area contributed by atoms with Gasteiger partial charge in [0.25, 0.3) is 0 Å². The predicted octanol–water partition coefficient (Wildman–Crippen LogP) is 4.76. The van der Waals surface area contributed by atoms with Gasteiger partial charge in [-0.3, -0.25) is 0 Å². The van der Waals surface area contributed by atoms with Gasteiger partial charge in [-0.25, -0.2) is 0 Å². The summed E-state index contributed by atoms with van der Waals surface area (Å²) in [6, 6.07) is 4.48. The second-order valence-electron chi connectivity index (χ2n) is 4.94. The molecule has 1 aromatic carbocycles. The Morgan fingerprint density at radius 1 is 1.19 bits per heavy atom. The summed E-state index contributed by atoms with van der Waals surface area (Å²) in [5.74, 6) is 0.626. The predicted molar refractivity (Wildman–Crippen MR) is 73.0 cm³/mol. The van der Waals surface area contributed by atoms with E-state index in [1.165, 1.54) is 34.2 Å². The number of hydrogen-bond acceptors (Lipinski definition) is 0. The molecule has 0 spiro atoms. The molecular weight excluding hydrogens is 192 g/mol. The molecule has 0 aliphatic carbocycles. The van der Waals surface area contributed by atoms with Crippen LogP contribution >= 0.6 is 0 Å². The van der Waals surface area contributed by atoms with Crippen molar-refractivity contribution in [3.63, 3.8) is 0 Å². The summed E-state index contributed by atoms with van der Waals surface area (Å²) >= 11 is 0. The quantitative estimate of drug-likeness (QED) is 0.637. The standard InChI is InChI=1S/C16H24/c1-7-11(2)13(4)10-16-9-8-12(3)14(5)15(16)6/h8-9,11H,4,7,10H2,1-3,5-6H3/t11-/m0/s1. The van der Waals surface area contributed by atoms with Crippen LogP contribution in [0.4, 0.5) is 0 Å². The maximum absolute atomic E-state index is 4.21. The van der Waals surface area contributed by atoms with Gasteiger partial charge in [0.1, 0.15) is 0 Å². The molecule has 0 saturated heterocycles. The first-order valence-electron chi connectivity index (χ1n) is 6.20. The molecule has 0 radical (unpaired) electrons.